The molecule has 0 radical (unpaired) electrons. The molecule has 2 aromatic heterocycles. The van der Waals surface area contributed by atoms with Crippen LogP contribution in [0.1, 0.15) is 10.5 Å². The van der Waals surface area contributed by atoms with Gasteiger partial charge in [0.15, 0.2) is 5.76 Å². The van der Waals surface area contributed by atoms with Gasteiger partial charge in [-0.1, -0.05) is 18.2 Å². The normalized spacial score (nSPS) is 16.9. The molecule has 2 saturated heterocycles. The summed E-state index contributed by atoms with van der Waals surface area (Å²) < 4.78 is 12.5. The second kappa shape index (κ2) is 8.88. The number of hydrogen-bond acceptors (Lipinski definition) is 5. The third kappa shape index (κ3) is 3.99. The smallest absolute Gasteiger partial charge is 0.320 e. The van der Waals surface area contributed by atoms with Crippen molar-refractivity contribution in [3.05, 3.63) is 60.5 Å². The second-order valence-electron chi connectivity index (χ2n) is 7.80. The molecule has 1 aromatic carbocycles. The van der Waals surface area contributed by atoms with Gasteiger partial charge in [0.1, 0.15) is 11.4 Å². The van der Waals surface area contributed by atoms with E-state index in [1.165, 1.54) is 0 Å². The molecule has 0 spiro atoms. The summed E-state index contributed by atoms with van der Waals surface area (Å²) in [7, 11) is 0. The Hall–Kier alpha value is -3.59. The minimum atomic E-state index is -0.113. The number of piperazine rings is 1. The molecule has 166 valence electrons. The Bertz CT molecular complexity index is 1070. The Morgan fingerprint density at radius 2 is 1.50 bits per heavy atom. The summed E-state index contributed by atoms with van der Waals surface area (Å²) in [6, 6.07) is 15.0. The molecule has 0 bridgehead atoms. The maximum Gasteiger partial charge on any atom is 0.320 e. The number of furan rings is 1. The monoisotopic (exact) mass is 435 g/mol. The zero-order valence-electron chi connectivity index (χ0n) is 17.7. The number of morpholine rings is 1. The van der Waals surface area contributed by atoms with Crippen LogP contribution in [0.5, 0.6) is 0 Å². The lowest BCUT2D eigenvalue weighted by atomic mass is 10.2. The number of urea groups is 1. The van der Waals surface area contributed by atoms with Gasteiger partial charge in [-0.2, -0.15) is 5.10 Å². The number of hydrogen-bond donors (Lipinski definition) is 0. The van der Waals surface area contributed by atoms with E-state index in [2.05, 4.69) is 5.10 Å². The summed E-state index contributed by atoms with van der Waals surface area (Å²) in [4.78, 5) is 31.6. The van der Waals surface area contributed by atoms with Crippen molar-refractivity contribution in [1.29, 1.82) is 0 Å². The first kappa shape index (κ1) is 20.3. The van der Waals surface area contributed by atoms with Crippen LogP contribution >= 0.6 is 0 Å². The van der Waals surface area contributed by atoms with Crippen LogP contribution in [0.2, 0.25) is 0 Å². The van der Waals surface area contributed by atoms with Crippen molar-refractivity contribution in [3.63, 3.8) is 0 Å². The number of benzene rings is 1. The predicted octanol–water partition coefficient (Wildman–Crippen LogP) is 2.34. The lowest BCUT2D eigenvalue weighted by Gasteiger charge is -2.38. The highest BCUT2D eigenvalue weighted by Gasteiger charge is 2.30. The fraction of sp³-hybridized carbons (Fsp3) is 0.348. The van der Waals surface area contributed by atoms with E-state index in [1.54, 1.807) is 28.0 Å². The fourth-order valence-corrected chi connectivity index (χ4v) is 4.06. The summed E-state index contributed by atoms with van der Waals surface area (Å²) in [5, 5.41) is 4.64. The van der Waals surface area contributed by atoms with Crippen LogP contribution in [-0.4, -0.2) is 88.9 Å². The number of para-hydroxylation sites is 1. The Morgan fingerprint density at radius 3 is 2.19 bits per heavy atom. The minimum absolute atomic E-state index is 0.0230. The molecule has 5 rings (SSSR count). The van der Waals surface area contributed by atoms with Crippen molar-refractivity contribution in [2.45, 2.75) is 0 Å². The molecule has 0 unspecified atom stereocenters. The first-order chi connectivity index (χ1) is 15.7. The van der Waals surface area contributed by atoms with Gasteiger partial charge in [-0.15, -0.1) is 0 Å². The van der Waals surface area contributed by atoms with Crippen LogP contribution < -0.4 is 0 Å². The summed E-state index contributed by atoms with van der Waals surface area (Å²) in [6.07, 6.45) is 1.59. The molecule has 3 aromatic rings. The van der Waals surface area contributed by atoms with E-state index in [4.69, 9.17) is 9.15 Å². The van der Waals surface area contributed by atoms with Gasteiger partial charge in [0.2, 0.25) is 0 Å². The zero-order valence-corrected chi connectivity index (χ0v) is 17.7. The van der Waals surface area contributed by atoms with Gasteiger partial charge in [-0.05, 0) is 24.3 Å². The number of carbonyl (C=O) groups excluding carboxylic acids is 2. The van der Waals surface area contributed by atoms with Crippen molar-refractivity contribution in [1.82, 2.24) is 24.5 Å². The first-order valence-corrected chi connectivity index (χ1v) is 10.8. The highest BCUT2D eigenvalue weighted by molar-refractivity contribution is 5.94. The lowest BCUT2D eigenvalue weighted by Crippen LogP contribution is -2.55. The van der Waals surface area contributed by atoms with E-state index in [-0.39, 0.29) is 11.9 Å². The summed E-state index contributed by atoms with van der Waals surface area (Å²) in [6.45, 7) is 4.35. The third-order valence-electron chi connectivity index (χ3n) is 5.82. The third-order valence-corrected chi connectivity index (χ3v) is 5.82. The summed E-state index contributed by atoms with van der Waals surface area (Å²) in [5.41, 5.74) is 1.87. The standard InChI is InChI=1S/C23H25N5O4/c29-22(25-8-10-26(11-9-25)23(30)27-12-15-31-16-13-27)20-17-19(21-7-4-14-32-21)24-28(20)18-5-2-1-3-6-18/h1-7,14,17H,8-13,15-16H2. The van der Waals surface area contributed by atoms with E-state index in [1.807, 2.05) is 46.2 Å². The molecular weight excluding hydrogens is 410 g/mol. The summed E-state index contributed by atoms with van der Waals surface area (Å²) in [5.74, 6) is 0.493. The SMILES string of the molecule is O=C(c1cc(-c2ccco2)nn1-c1ccccc1)N1CCN(C(=O)N2CCOCC2)CC1. The maximum absolute atomic E-state index is 13.5. The molecule has 2 aliphatic heterocycles. The fourth-order valence-electron chi connectivity index (χ4n) is 4.06. The largest absolute Gasteiger partial charge is 0.463 e. The lowest BCUT2D eigenvalue weighted by molar-refractivity contribution is 0.0361. The highest BCUT2D eigenvalue weighted by Crippen LogP contribution is 2.23. The van der Waals surface area contributed by atoms with Gasteiger partial charge in [-0.25, -0.2) is 9.48 Å². The highest BCUT2D eigenvalue weighted by atomic mass is 16.5. The Labute approximate surface area is 185 Å². The number of amides is 3. The van der Waals surface area contributed by atoms with Gasteiger partial charge in [0, 0.05) is 45.3 Å². The van der Waals surface area contributed by atoms with Gasteiger partial charge in [0.25, 0.3) is 5.91 Å². The van der Waals surface area contributed by atoms with Crippen molar-refractivity contribution in [2.24, 2.45) is 0 Å². The molecule has 0 N–H and O–H groups in total. The van der Waals surface area contributed by atoms with E-state index in [9.17, 15) is 9.59 Å². The summed E-state index contributed by atoms with van der Waals surface area (Å²) >= 11 is 0. The van der Waals surface area contributed by atoms with Crippen LogP contribution in [0, 0.1) is 0 Å². The number of nitrogens with zero attached hydrogens (tertiary/aromatic N) is 5. The van der Waals surface area contributed by atoms with Crippen molar-refractivity contribution < 1.29 is 18.7 Å². The van der Waals surface area contributed by atoms with Gasteiger partial charge in [0.05, 0.1) is 25.2 Å². The van der Waals surface area contributed by atoms with Crippen molar-refractivity contribution in [3.8, 4) is 17.1 Å². The van der Waals surface area contributed by atoms with E-state index < -0.39 is 0 Å². The Kier molecular flexibility index (Phi) is 5.64. The van der Waals surface area contributed by atoms with Crippen LogP contribution in [0.4, 0.5) is 4.79 Å². The van der Waals surface area contributed by atoms with Crippen molar-refractivity contribution >= 4 is 11.9 Å². The molecule has 0 saturated carbocycles. The van der Waals surface area contributed by atoms with Crippen LogP contribution in [0.3, 0.4) is 0 Å². The van der Waals surface area contributed by atoms with Gasteiger partial charge < -0.3 is 23.9 Å². The molecule has 32 heavy (non-hydrogen) atoms. The average molecular weight is 435 g/mol. The van der Waals surface area contributed by atoms with E-state index in [0.717, 1.165) is 5.69 Å². The number of ether oxygens (including phenoxy) is 1. The average Bonchev–Trinajstić information content (AvgIpc) is 3.55. The van der Waals surface area contributed by atoms with Crippen LogP contribution in [0.15, 0.2) is 59.2 Å². The molecule has 3 amide bonds. The number of rotatable bonds is 3. The molecule has 0 atom stereocenters. The maximum atomic E-state index is 13.5. The molecular formula is C23H25N5O4. The van der Waals surface area contributed by atoms with Crippen LogP contribution in [-0.2, 0) is 4.74 Å². The first-order valence-electron chi connectivity index (χ1n) is 10.8. The topological polar surface area (TPSA) is 84.1 Å². The predicted molar refractivity (Wildman–Crippen MR) is 117 cm³/mol. The molecule has 2 aliphatic rings. The van der Waals surface area contributed by atoms with E-state index >= 15 is 0 Å². The Balaban J connectivity index is 1.34. The molecule has 9 heteroatoms. The number of carbonyl (C=O) groups is 2. The molecule has 4 heterocycles. The molecule has 9 nitrogen and oxygen atoms in total. The molecule has 2 fully saturated rings. The zero-order chi connectivity index (χ0) is 21.9. The van der Waals surface area contributed by atoms with Gasteiger partial charge >= 0.3 is 6.03 Å². The van der Waals surface area contributed by atoms with Crippen molar-refractivity contribution in [2.75, 3.05) is 52.5 Å². The van der Waals surface area contributed by atoms with E-state index in [0.29, 0.717) is 69.6 Å². The number of aromatic nitrogens is 2. The second-order valence-corrected chi connectivity index (χ2v) is 7.80. The quantitative estimate of drug-likeness (QED) is 0.631. The van der Waals surface area contributed by atoms with Crippen LogP contribution in [0.25, 0.3) is 17.1 Å². The van der Waals surface area contributed by atoms with Gasteiger partial charge in [-0.3, -0.25) is 4.79 Å². The molecule has 0 aliphatic carbocycles. The minimum Gasteiger partial charge on any atom is -0.463 e. The Morgan fingerprint density at radius 1 is 0.812 bits per heavy atom.